The highest BCUT2D eigenvalue weighted by atomic mass is 32.2. The van der Waals surface area contributed by atoms with Crippen LogP contribution >= 0.6 is 11.8 Å². The fourth-order valence-electron chi connectivity index (χ4n) is 3.26. The smallest absolute Gasteiger partial charge is 0.253 e. The SMILES string of the molecule is CSC1(CNC(=O)c2cccc3cc[nH]c23)CCCCC1. The van der Waals surface area contributed by atoms with Crippen LogP contribution in [0.25, 0.3) is 10.9 Å². The average Bonchev–Trinajstić information content (AvgIpc) is 3.02. The van der Waals surface area contributed by atoms with Gasteiger partial charge in [0.1, 0.15) is 0 Å². The predicted octanol–water partition coefficient (Wildman–Crippen LogP) is 3.96. The maximum absolute atomic E-state index is 12.5. The van der Waals surface area contributed by atoms with Crippen LogP contribution in [0, 0.1) is 0 Å². The second kappa shape index (κ2) is 6.14. The summed E-state index contributed by atoms with van der Waals surface area (Å²) in [6.45, 7) is 0.768. The number of hydrogen-bond acceptors (Lipinski definition) is 2. The minimum absolute atomic E-state index is 0.0297. The number of aromatic amines is 1. The minimum Gasteiger partial charge on any atom is -0.361 e. The molecule has 0 atom stereocenters. The Morgan fingerprint density at radius 3 is 2.86 bits per heavy atom. The lowest BCUT2D eigenvalue weighted by molar-refractivity contribution is 0.0948. The van der Waals surface area contributed by atoms with Crippen molar-refractivity contribution in [2.75, 3.05) is 12.8 Å². The molecule has 1 amide bonds. The van der Waals surface area contributed by atoms with E-state index in [2.05, 4.69) is 16.6 Å². The van der Waals surface area contributed by atoms with Gasteiger partial charge in [-0.3, -0.25) is 4.79 Å². The molecule has 2 N–H and O–H groups in total. The number of hydrogen-bond donors (Lipinski definition) is 2. The largest absolute Gasteiger partial charge is 0.361 e. The Hall–Kier alpha value is -1.42. The molecule has 4 heteroatoms. The van der Waals surface area contributed by atoms with Gasteiger partial charge in [-0.05, 0) is 31.2 Å². The first-order valence-corrected chi connectivity index (χ1v) is 8.86. The number of rotatable bonds is 4. The number of nitrogens with one attached hydrogen (secondary N) is 2. The van der Waals surface area contributed by atoms with Crippen LogP contribution in [0.2, 0.25) is 0 Å². The number of H-pyrrole nitrogens is 1. The number of amides is 1. The number of aromatic nitrogens is 1. The monoisotopic (exact) mass is 302 g/mol. The van der Waals surface area contributed by atoms with Crippen LogP contribution in [0.3, 0.4) is 0 Å². The molecule has 21 heavy (non-hydrogen) atoms. The number of benzene rings is 1. The quantitative estimate of drug-likeness (QED) is 0.898. The molecule has 1 fully saturated rings. The third-order valence-electron chi connectivity index (χ3n) is 4.60. The van der Waals surface area contributed by atoms with E-state index in [1.165, 1.54) is 32.1 Å². The maximum atomic E-state index is 12.5. The van der Waals surface area contributed by atoms with Crippen LogP contribution in [-0.4, -0.2) is 28.4 Å². The van der Waals surface area contributed by atoms with E-state index in [0.29, 0.717) is 0 Å². The molecule has 0 radical (unpaired) electrons. The van der Waals surface area contributed by atoms with Gasteiger partial charge in [0, 0.05) is 22.9 Å². The summed E-state index contributed by atoms with van der Waals surface area (Å²) in [4.78, 5) is 15.7. The van der Waals surface area contributed by atoms with Gasteiger partial charge in [0.2, 0.25) is 0 Å². The molecule has 0 bridgehead atoms. The molecule has 1 aromatic carbocycles. The lowest BCUT2D eigenvalue weighted by Gasteiger charge is -2.35. The summed E-state index contributed by atoms with van der Waals surface area (Å²) in [6.07, 6.45) is 10.4. The summed E-state index contributed by atoms with van der Waals surface area (Å²) in [5.74, 6) is 0.0297. The second-order valence-corrected chi connectivity index (χ2v) is 7.15. The van der Waals surface area contributed by atoms with Crippen molar-refractivity contribution in [3.8, 4) is 0 Å². The molecule has 0 aliphatic heterocycles. The van der Waals surface area contributed by atoms with Crippen molar-refractivity contribution in [2.24, 2.45) is 0 Å². The molecule has 1 aliphatic rings. The first-order chi connectivity index (χ1) is 10.2. The van der Waals surface area contributed by atoms with E-state index < -0.39 is 0 Å². The highest BCUT2D eigenvalue weighted by molar-refractivity contribution is 8.00. The van der Waals surface area contributed by atoms with E-state index in [-0.39, 0.29) is 10.7 Å². The molecule has 3 rings (SSSR count). The van der Waals surface area contributed by atoms with Gasteiger partial charge < -0.3 is 10.3 Å². The molecule has 1 heterocycles. The van der Waals surface area contributed by atoms with E-state index in [1.807, 2.05) is 42.2 Å². The first-order valence-electron chi connectivity index (χ1n) is 7.64. The van der Waals surface area contributed by atoms with Crippen molar-refractivity contribution in [3.05, 3.63) is 36.0 Å². The number of thioether (sulfide) groups is 1. The summed E-state index contributed by atoms with van der Waals surface area (Å²) >= 11 is 1.91. The maximum Gasteiger partial charge on any atom is 0.253 e. The number of fused-ring (bicyclic) bond motifs is 1. The molecule has 112 valence electrons. The molecular formula is C17H22N2OS. The highest BCUT2D eigenvalue weighted by Crippen LogP contribution is 2.38. The van der Waals surface area contributed by atoms with Crippen LogP contribution in [0.15, 0.2) is 30.5 Å². The Morgan fingerprint density at radius 1 is 1.29 bits per heavy atom. The van der Waals surface area contributed by atoms with Crippen LogP contribution in [0.4, 0.5) is 0 Å². The average molecular weight is 302 g/mol. The Morgan fingerprint density at radius 2 is 2.10 bits per heavy atom. The van der Waals surface area contributed by atoms with Crippen molar-refractivity contribution in [2.45, 2.75) is 36.9 Å². The third-order valence-corrected chi connectivity index (χ3v) is 6.02. The third kappa shape index (κ3) is 2.95. The topological polar surface area (TPSA) is 44.9 Å². The molecular weight excluding hydrogens is 280 g/mol. The zero-order valence-corrected chi connectivity index (χ0v) is 13.3. The van der Waals surface area contributed by atoms with Crippen molar-refractivity contribution >= 4 is 28.6 Å². The molecule has 3 nitrogen and oxygen atoms in total. The number of carbonyl (C=O) groups is 1. The molecule has 1 saturated carbocycles. The fourth-order valence-corrected chi connectivity index (χ4v) is 4.17. The van der Waals surface area contributed by atoms with Gasteiger partial charge in [-0.15, -0.1) is 0 Å². The Labute approximate surface area is 129 Å². The van der Waals surface area contributed by atoms with Crippen LogP contribution in [-0.2, 0) is 0 Å². The van der Waals surface area contributed by atoms with Gasteiger partial charge in [0.25, 0.3) is 5.91 Å². The van der Waals surface area contributed by atoms with E-state index in [9.17, 15) is 4.79 Å². The molecule has 0 unspecified atom stereocenters. The molecule has 2 aromatic rings. The summed E-state index contributed by atoms with van der Waals surface area (Å²) in [6, 6.07) is 7.85. The molecule has 0 spiro atoms. The second-order valence-electron chi connectivity index (χ2n) is 5.88. The van der Waals surface area contributed by atoms with Crippen LogP contribution < -0.4 is 5.32 Å². The van der Waals surface area contributed by atoms with Crippen molar-refractivity contribution < 1.29 is 4.79 Å². The Balaban J connectivity index is 1.73. The lowest BCUT2D eigenvalue weighted by Crippen LogP contribution is -2.41. The van der Waals surface area contributed by atoms with Gasteiger partial charge in [-0.25, -0.2) is 0 Å². The Kier molecular flexibility index (Phi) is 4.24. The summed E-state index contributed by atoms with van der Waals surface area (Å²) in [5.41, 5.74) is 1.67. The van der Waals surface area contributed by atoms with E-state index in [1.54, 1.807) is 0 Å². The summed E-state index contributed by atoms with van der Waals surface area (Å²) in [7, 11) is 0. The van der Waals surface area contributed by atoms with E-state index in [4.69, 9.17) is 0 Å². The minimum atomic E-state index is 0.0297. The van der Waals surface area contributed by atoms with Gasteiger partial charge in [0.15, 0.2) is 0 Å². The van der Waals surface area contributed by atoms with E-state index in [0.717, 1.165) is 23.0 Å². The molecule has 1 aliphatic carbocycles. The number of para-hydroxylation sites is 1. The van der Waals surface area contributed by atoms with Crippen LogP contribution in [0.5, 0.6) is 0 Å². The molecule has 0 saturated heterocycles. The van der Waals surface area contributed by atoms with Crippen molar-refractivity contribution in [3.63, 3.8) is 0 Å². The normalized spacial score (nSPS) is 17.8. The predicted molar refractivity (Wildman–Crippen MR) is 90.0 cm³/mol. The van der Waals surface area contributed by atoms with E-state index >= 15 is 0 Å². The van der Waals surface area contributed by atoms with Crippen LogP contribution in [0.1, 0.15) is 42.5 Å². The van der Waals surface area contributed by atoms with Gasteiger partial charge in [0.05, 0.1) is 11.1 Å². The first kappa shape index (κ1) is 14.5. The fraction of sp³-hybridized carbons (Fsp3) is 0.471. The zero-order chi connectivity index (χ0) is 14.7. The highest BCUT2D eigenvalue weighted by Gasteiger charge is 2.31. The van der Waals surface area contributed by atoms with Gasteiger partial charge in [-0.2, -0.15) is 11.8 Å². The Bertz CT molecular complexity index is 629. The summed E-state index contributed by atoms with van der Waals surface area (Å²) in [5, 5.41) is 4.25. The zero-order valence-electron chi connectivity index (χ0n) is 12.4. The standard InChI is InChI=1S/C17H22N2OS/c1-21-17(9-3-2-4-10-17)12-19-16(20)14-7-5-6-13-8-11-18-15(13)14/h5-8,11,18H,2-4,9-10,12H2,1H3,(H,19,20). The summed E-state index contributed by atoms with van der Waals surface area (Å²) < 4.78 is 0.234. The van der Waals surface area contributed by atoms with Gasteiger partial charge in [-0.1, -0.05) is 31.4 Å². The van der Waals surface area contributed by atoms with Gasteiger partial charge >= 0.3 is 0 Å². The van der Waals surface area contributed by atoms with Crippen molar-refractivity contribution in [1.82, 2.24) is 10.3 Å². The molecule has 1 aromatic heterocycles. The van der Waals surface area contributed by atoms with Crippen molar-refractivity contribution in [1.29, 1.82) is 0 Å². The lowest BCUT2D eigenvalue weighted by atomic mass is 9.88. The number of carbonyl (C=O) groups excluding carboxylic acids is 1.